The molecule has 4 aromatic rings. The molecule has 0 aliphatic heterocycles. The van der Waals surface area contributed by atoms with Crippen molar-refractivity contribution in [1.29, 1.82) is 0 Å². The zero-order valence-corrected chi connectivity index (χ0v) is 20.4. The molecular weight excluding hydrogens is 458 g/mol. The van der Waals surface area contributed by atoms with Crippen molar-refractivity contribution in [2.75, 3.05) is 0 Å². The molecule has 0 N–H and O–H groups in total. The second-order valence-electron chi connectivity index (χ2n) is 11.8. The normalized spacial score (nSPS) is 29.9. The molecule has 0 saturated heterocycles. The molecule has 6 atom stereocenters. The zero-order chi connectivity index (χ0) is 24.4. The second kappa shape index (κ2) is 7.07. The standard InChI is InChI=1S/C35H26F2/c36-24-11-5-20(6-12-24)29-31-22-3-4-23(17-22)32(31)30(21-7-13-25(37)14-8-21)35-27-16-10-19-2-1-18-9-15-26(34(29)35)33(27)28(18)19/h3-16,22-23,29-32H,1-2,17H2/t22-,23+,29-,30+,31-,32+. The quantitative estimate of drug-likeness (QED) is 0.250. The number of halogens is 2. The third-order valence-corrected chi connectivity index (χ3v) is 10.3. The Kier molecular flexibility index (Phi) is 3.92. The smallest absolute Gasteiger partial charge is 0.123 e. The van der Waals surface area contributed by atoms with E-state index in [-0.39, 0.29) is 23.5 Å². The average molecular weight is 485 g/mol. The topological polar surface area (TPSA) is 0 Å². The van der Waals surface area contributed by atoms with Crippen molar-refractivity contribution in [2.45, 2.75) is 31.1 Å². The Morgan fingerprint density at radius 2 is 0.973 bits per heavy atom. The fraction of sp³-hybridized carbons (Fsp3) is 0.257. The number of fused-ring (bicyclic) bond motifs is 7. The van der Waals surface area contributed by atoms with Crippen molar-refractivity contribution in [3.8, 4) is 0 Å². The number of hydrogen-bond donors (Lipinski definition) is 0. The molecule has 2 heteroatoms. The molecule has 180 valence electrons. The maximum Gasteiger partial charge on any atom is 0.123 e. The first-order valence-corrected chi connectivity index (χ1v) is 13.7. The van der Waals surface area contributed by atoms with E-state index >= 15 is 0 Å². The summed E-state index contributed by atoms with van der Waals surface area (Å²) in [7, 11) is 0. The highest BCUT2D eigenvalue weighted by Crippen LogP contribution is 2.69. The molecule has 0 nitrogen and oxygen atoms in total. The molecule has 0 unspecified atom stereocenters. The van der Waals surface area contributed by atoms with Crippen molar-refractivity contribution in [3.63, 3.8) is 0 Å². The van der Waals surface area contributed by atoms with Crippen LogP contribution >= 0.6 is 0 Å². The lowest BCUT2D eigenvalue weighted by Gasteiger charge is -2.46. The van der Waals surface area contributed by atoms with Gasteiger partial charge in [0.15, 0.2) is 0 Å². The minimum absolute atomic E-state index is 0.181. The van der Waals surface area contributed by atoms with Crippen LogP contribution < -0.4 is 0 Å². The molecule has 5 aliphatic carbocycles. The maximum atomic E-state index is 14.1. The van der Waals surface area contributed by atoms with Crippen molar-refractivity contribution in [1.82, 2.24) is 0 Å². The Bertz CT molecular complexity index is 1570. The summed E-state index contributed by atoms with van der Waals surface area (Å²) in [6.07, 6.45) is 8.31. The maximum absolute atomic E-state index is 14.1. The molecule has 0 heterocycles. The molecule has 2 bridgehead atoms. The fourth-order valence-corrected chi connectivity index (χ4v) is 9.08. The summed E-state index contributed by atoms with van der Waals surface area (Å²) in [6.45, 7) is 0. The molecule has 1 fully saturated rings. The molecule has 0 aromatic heterocycles. The molecule has 0 spiro atoms. The monoisotopic (exact) mass is 484 g/mol. The van der Waals surface area contributed by atoms with Crippen LogP contribution in [0.15, 0.2) is 84.9 Å². The van der Waals surface area contributed by atoms with Gasteiger partial charge in [0.1, 0.15) is 11.6 Å². The highest BCUT2D eigenvalue weighted by molar-refractivity contribution is 6.18. The van der Waals surface area contributed by atoms with Crippen LogP contribution in [-0.2, 0) is 12.8 Å². The Morgan fingerprint density at radius 3 is 1.43 bits per heavy atom. The lowest BCUT2D eigenvalue weighted by molar-refractivity contribution is 0.260. The molecular formula is C35H26F2. The van der Waals surface area contributed by atoms with E-state index in [1.807, 2.05) is 24.3 Å². The summed E-state index contributed by atoms with van der Waals surface area (Å²) < 4.78 is 28.2. The number of hydrogen-bond acceptors (Lipinski definition) is 0. The van der Waals surface area contributed by atoms with Gasteiger partial charge in [0, 0.05) is 11.8 Å². The predicted molar refractivity (Wildman–Crippen MR) is 144 cm³/mol. The highest BCUT2D eigenvalue weighted by atomic mass is 19.1. The van der Waals surface area contributed by atoms with Gasteiger partial charge < -0.3 is 0 Å². The van der Waals surface area contributed by atoms with Crippen LogP contribution in [0.1, 0.15) is 51.6 Å². The van der Waals surface area contributed by atoms with Gasteiger partial charge in [0.2, 0.25) is 0 Å². The lowest BCUT2D eigenvalue weighted by Crippen LogP contribution is -2.35. The number of benzene rings is 4. The average Bonchev–Trinajstić information content (AvgIpc) is 3.70. The number of aryl methyl sites for hydroxylation is 2. The third-order valence-electron chi connectivity index (χ3n) is 10.3. The SMILES string of the molecule is Fc1ccc([C@H]2C3=C(c4ccc5c6c(ccc3c46)CC5)[C@@H](c3ccc(F)cc3)[C@H]3[C@@H]2[C@@H]2C=C[C@H]3C2)cc1. The van der Waals surface area contributed by atoms with Gasteiger partial charge in [-0.25, -0.2) is 8.78 Å². The van der Waals surface area contributed by atoms with Crippen molar-refractivity contribution in [2.24, 2.45) is 23.7 Å². The van der Waals surface area contributed by atoms with E-state index in [0.29, 0.717) is 23.7 Å². The number of allylic oxidation sites excluding steroid dienone is 4. The van der Waals surface area contributed by atoms with E-state index in [9.17, 15) is 8.78 Å². The molecule has 37 heavy (non-hydrogen) atoms. The Balaban J connectivity index is 1.39. The van der Waals surface area contributed by atoms with Gasteiger partial charge in [-0.15, -0.1) is 0 Å². The molecule has 9 rings (SSSR count). The molecule has 5 aliphatic rings. The second-order valence-corrected chi connectivity index (χ2v) is 11.8. The van der Waals surface area contributed by atoms with Crippen LogP contribution in [0.5, 0.6) is 0 Å². The Hall–Kier alpha value is -3.52. The van der Waals surface area contributed by atoms with Crippen molar-refractivity contribution >= 4 is 21.9 Å². The molecule has 0 radical (unpaired) electrons. The largest absolute Gasteiger partial charge is 0.207 e. The van der Waals surface area contributed by atoms with Crippen LogP contribution in [-0.4, -0.2) is 0 Å². The summed E-state index contributed by atoms with van der Waals surface area (Å²) in [5.74, 6) is 2.02. The van der Waals surface area contributed by atoms with Crippen LogP contribution in [0.25, 0.3) is 21.9 Å². The fourth-order valence-electron chi connectivity index (χ4n) is 9.08. The molecule has 4 aromatic carbocycles. The van der Waals surface area contributed by atoms with Gasteiger partial charge in [-0.1, -0.05) is 60.7 Å². The van der Waals surface area contributed by atoms with Gasteiger partial charge >= 0.3 is 0 Å². The van der Waals surface area contributed by atoms with E-state index < -0.39 is 0 Å². The van der Waals surface area contributed by atoms with E-state index in [1.54, 1.807) is 24.3 Å². The Labute approximate surface area is 215 Å². The third kappa shape index (κ3) is 2.56. The Morgan fingerprint density at radius 1 is 0.514 bits per heavy atom. The van der Waals surface area contributed by atoms with Gasteiger partial charge in [-0.2, -0.15) is 0 Å². The summed E-state index contributed by atoms with van der Waals surface area (Å²) >= 11 is 0. The lowest BCUT2D eigenvalue weighted by atomic mass is 9.57. The summed E-state index contributed by atoms with van der Waals surface area (Å²) in [6, 6.07) is 24.1. The minimum atomic E-state index is -0.181. The molecule has 1 saturated carbocycles. The summed E-state index contributed by atoms with van der Waals surface area (Å²) in [5, 5.41) is 2.89. The van der Waals surface area contributed by atoms with E-state index in [1.165, 1.54) is 61.7 Å². The van der Waals surface area contributed by atoms with Gasteiger partial charge in [-0.05, 0) is 122 Å². The van der Waals surface area contributed by atoms with Crippen molar-refractivity contribution < 1.29 is 8.78 Å². The van der Waals surface area contributed by atoms with Crippen molar-refractivity contribution in [3.05, 3.63) is 130 Å². The van der Waals surface area contributed by atoms with Crippen LogP contribution in [0.2, 0.25) is 0 Å². The highest BCUT2D eigenvalue weighted by Gasteiger charge is 2.57. The first kappa shape index (κ1) is 20.5. The molecule has 0 amide bonds. The minimum Gasteiger partial charge on any atom is -0.207 e. The van der Waals surface area contributed by atoms with Crippen LogP contribution in [0.3, 0.4) is 0 Å². The summed E-state index contributed by atoms with van der Waals surface area (Å²) in [5.41, 5.74) is 11.0. The van der Waals surface area contributed by atoms with Crippen LogP contribution in [0.4, 0.5) is 8.78 Å². The van der Waals surface area contributed by atoms with Gasteiger partial charge in [0.05, 0.1) is 0 Å². The zero-order valence-electron chi connectivity index (χ0n) is 20.4. The van der Waals surface area contributed by atoms with E-state index in [2.05, 4.69) is 36.4 Å². The summed E-state index contributed by atoms with van der Waals surface area (Å²) in [4.78, 5) is 0. The first-order valence-electron chi connectivity index (χ1n) is 13.7. The predicted octanol–water partition coefficient (Wildman–Crippen LogP) is 8.46. The van der Waals surface area contributed by atoms with E-state index in [4.69, 9.17) is 0 Å². The van der Waals surface area contributed by atoms with Crippen LogP contribution in [0, 0.1) is 35.3 Å². The first-order chi connectivity index (χ1) is 18.2. The van der Waals surface area contributed by atoms with Gasteiger partial charge in [-0.3, -0.25) is 0 Å². The van der Waals surface area contributed by atoms with E-state index in [0.717, 1.165) is 12.8 Å². The number of rotatable bonds is 2. The van der Waals surface area contributed by atoms with Gasteiger partial charge in [0.25, 0.3) is 0 Å².